The number of pyridine rings is 1. The summed E-state index contributed by atoms with van der Waals surface area (Å²) in [5.41, 5.74) is 1.56. The Morgan fingerprint density at radius 2 is 1.54 bits per heavy atom. The molecule has 0 saturated carbocycles. The summed E-state index contributed by atoms with van der Waals surface area (Å²) in [4.78, 5) is 11.2. The lowest BCUT2D eigenvalue weighted by Crippen LogP contribution is -2.04. The highest BCUT2D eigenvalue weighted by Crippen LogP contribution is 2.31. The molecule has 1 N–H and O–H groups in total. The summed E-state index contributed by atoms with van der Waals surface area (Å²) in [7, 11) is 0. The number of nitrogens with one attached hydrogen (secondary N) is 1. The molecule has 0 aliphatic rings. The van der Waals surface area contributed by atoms with Crippen LogP contribution in [0.1, 0.15) is 104 Å². The molecule has 0 aliphatic carbocycles. The minimum atomic E-state index is -4.32. The highest BCUT2D eigenvalue weighted by molar-refractivity contribution is 7.79. The zero-order valence-electron chi connectivity index (χ0n) is 25.4. The van der Waals surface area contributed by atoms with Crippen LogP contribution in [-0.4, -0.2) is 21.2 Å². The summed E-state index contributed by atoms with van der Waals surface area (Å²) in [5.74, 6) is 1.76. The van der Waals surface area contributed by atoms with Gasteiger partial charge in [0.2, 0.25) is 0 Å². The van der Waals surface area contributed by atoms with Crippen molar-refractivity contribution < 1.29 is 13.2 Å². The summed E-state index contributed by atoms with van der Waals surface area (Å²) in [6.45, 7) is 15.2. The molecule has 1 aromatic carbocycles. The second-order valence-corrected chi connectivity index (χ2v) is 9.20. The maximum atomic E-state index is 12.6. The summed E-state index contributed by atoms with van der Waals surface area (Å²) in [6, 6.07) is 11.1. The van der Waals surface area contributed by atoms with Gasteiger partial charge in [0, 0.05) is 23.9 Å². The summed E-state index contributed by atoms with van der Waals surface area (Å²) in [5, 5.41) is 0. The number of aromatic amines is 1. The number of halogens is 3. The fourth-order valence-electron chi connectivity index (χ4n) is 2.99. The van der Waals surface area contributed by atoms with Crippen molar-refractivity contribution in [3.63, 3.8) is 0 Å². The van der Waals surface area contributed by atoms with Crippen molar-refractivity contribution in [2.45, 2.75) is 106 Å². The van der Waals surface area contributed by atoms with Gasteiger partial charge in [-0.3, -0.25) is 4.98 Å². The van der Waals surface area contributed by atoms with Gasteiger partial charge >= 0.3 is 6.18 Å². The molecule has 0 saturated heterocycles. The number of thiol groups is 1. The third-order valence-corrected chi connectivity index (χ3v) is 5.69. The summed E-state index contributed by atoms with van der Waals surface area (Å²) >= 11 is 3.53. The number of unbranched alkanes of at least 4 members (excludes halogenated alkanes) is 2. The number of alkyl halides is 3. The molecule has 1 atom stereocenters. The Kier molecular flexibility index (Phi) is 24.7. The van der Waals surface area contributed by atoms with E-state index >= 15 is 0 Å². The maximum Gasteiger partial charge on any atom is 0.416 e. The number of aryl methyl sites for hydroxylation is 2. The Morgan fingerprint density at radius 3 is 1.95 bits per heavy atom. The number of imidazole rings is 1. The molecule has 0 aliphatic heterocycles. The monoisotopic (exact) mass is 567 g/mol. The first-order chi connectivity index (χ1) is 18.6. The van der Waals surface area contributed by atoms with Gasteiger partial charge in [-0.2, -0.15) is 25.8 Å². The third kappa shape index (κ3) is 20.3. The molecule has 1 unspecified atom stereocenters. The lowest BCUT2D eigenvalue weighted by Gasteiger charge is -2.07. The Labute approximate surface area is 241 Å². The van der Waals surface area contributed by atoms with Crippen LogP contribution < -0.4 is 0 Å². The van der Waals surface area contributed by atoms with E-state index < -0.39 is 11.7 Å². The number of hydrogen-bond donors (Lipinski definition) is 2. The van der Waals surface area contributed by atoms with Crippen LogP contribution in [-0.2, 0) is 12.6 Å². The van der Waals surface area contributed by atoms with Crippen LogP contribution in [0.5, 0.6) is 0 Å². The average Bonchev–Trinajstić information content (AvgIpc) is 3.43. The normalized spacial score (nSPS) is 10.8. The van der Waals surface area contributed by atoms with Crippen LogP contribution >= 0.6 is 12.6 Å². The number of nitrogens with zero attached hydrogens (tertiary/aromatic N) is 2. The molecule has 0 spiro atoms. The molecule has 2 heterocycles. The number of benzene rings is 1. The van der Waals surface area contributed by atoms with Crippen molar-refractivity contribution in [1.82, 2.24) is 15.0 Å². The van der Waals surface area contributed by atoms with Crippen molar-refractivity contribution in [1.29, 1.82) is 0 Å². The van der Waals surface area contributed by atoms with E-state index in [9.17, 15) is 13.2 Å². The van der Waals surface area contributed by atoms with E-state index in [-0.39, 0.29) is 0 Å². The number of hydrogen-bond acceptors (Lipinski definition) is 3. The lowest BCUT2D eigenvalue weighted by molar-refractivity contribution is -0.137. The van der Waals surface area contributed by atoms with Gasteiger partial charge in [-0.15, -0.1) is 0 Å². The quantitative estimate of drug-likeness (QED) is 0.266. The van der Waals surface area contributed by atoms with Gasteiger partial charge in [-0.1, -0.05) is 98.3 Å². The SMILES string of the molecule is CCCC.CCCC(C)CC.CCCCc1ncc(-c2cccc(C(F)(F)F)c2)[nH]1.CS.Cc1ccccn1. The molecule has 3 rings (SSSR count). The van der Waals surface area contributed by atoms with Crippen molar-refractivity contribution in [2.75, 3.05) is 6.26 Å². The predicted octanol–water partition coefficient (Wildman–Crippen LogP) is 11.0. The topological polar surface area (TPSA) is 41.6 Å². The van der Waals surface area contributed by atoms with E-state index in [1.807, 2.05) is 25.1 Å². The van der Waals surface area contributed by atoms with Crippen LogP contribution in [0.4, 0.5) is 13.2 Å². The minimum absolute atomic E-state index is 0.505. The van der Waals surface area contributed by atoms with Gasteiger partial charge in [0.1, 0.15) is 5.82 Å². The molecule has 3 nitrogen and oxygen atoms in total. The molecule has 0 radical (unpaired) electrons. The lowest BCUT2D eigenvalue weighted by atomic mass is 10.0. The minimum Gasteiger partial charge on any atom is -0.342 e. The molecule has 7 heteroatoms. The Balaban J connectivity index is 0. The number of aromatic nitrogens is 3. The van der Waals surface area contributed by atoms with Crippen LogP contribution in [0.15, 0.2) is 54.9 Å². The Morgan fingerprint density at radius 1 is 0.872 bits per heavy atom. The van der Waals surface area contributed by atoms with Crippen LogP contribution in [0, 0.1) is 12.8 Å². The molecule has 39 heavy (non-hydrogen) atoms. The molecule has 2 aromatic heterocycles. The molecule has 0 amide bonds. The van der Waals surface area contributed by atoms with E-state index in [2.05, 4.69) is 69.1 Å². The molecular formula is C32H52F3N3S. The molecule has 3 aromatic rings. The third-order valence-electron chi connectivity index (χ3n) is 5.69. The smallest absolute Gasteiger partial charge is 0.342 e. The first kappa shape index (κ1) is 38.9. The van der Waals surface area contributed by atoms with Crippen LogP contribution in [0.2, 0.25) is 0 Å². The standard InChI is InChI=1S/C14H15F3N2.C7H16.C6H7N.C4H10.CH4S/c1-2-3-7-13-18-9-12(19-13)10-5-4-6-11(8-10)14(15,16)17;1-4-6-7(3)5-2;1-6-4-2-3-5-7-6;1-3-4-2;1-2/h4-6,8-9H,2-3,7H2,1H3,(H,18,19);7H,4-6H2,1-3H3;2-5H,1H3;3-4H2,1-2H3;2H,1H3. The van der Waals surface area contributed by atoms with Crippen LogP contribution in [0.3, 0.4) is 0 Å². The van der Waals surface area contributed by atoms with Crippen molar-refractivity contribution in [3.05, 3.63) is 71.9 Å². The zero-order valence-corrected chi connectivity index (χ0v) is 26.3. The van der Waals surface area contributed by atoms with Crippen LogP contribution in [0.25, 0.3) is 11.3 Å². The van der Waals surface area contributed by atoms with Gasteiger partial charge in [0.25, 0.3) is 0 Å². The Bertz CT molecular complexity index is 926. The average molecular weight is 568 g/mol. The van der Waals surface area contributed by atoms with Gasteiger partial charge in [-0.05, 0) is 49.8 Å². The largest absolute Gasteiger partial charge is 0.416 e. The summed E-state index contributed by atoms with van der Waals surface area (Å²) < 4.78 is 37.9. The molecule has 0 bridgehead atoms. The second kappa shape index (κ2) is 24.7. The number of rotatable bonds is 8. The second-order valence-electron chi connectivity index (χ2n) is 9.20. The maximum absolute atomic E-state index is 12.6. The Hall–Kier alpha value is -2.28. The van der Waals surface area contributed by atoms with E-state index in [0.29, 0.717) is 11.3 Å². The van der Waals surface area contributed by atoms with E-state index in [1.165, 1.54) is 38.2 Å². The van der Waals surface area contributed by atoms with Crippen molar-refractivity contribution in [2.24, 2.45) is 5.92 Å². The van der Waals surface area contributed by atoms with Gasteiger partial charge in [0.05, 0.1) is 17.5 Å². The van der Waals surface area contributed by atoms with E-state index in [0.717, 1.165) is 48.8 Å². The highest BCUT2D eigenvalue weighted by Gasteiger charge is 2.30. The molecule has 222 valence electrons. The fourth-order valence-corrected chi connectivity index (χ4v) is 2.99. The highest BCUT2D eigenvalue weighted by atomic mass is 32.1. The molecule has 0 fully saturated rings. The van der Waals surface area contributed by atoms with Crippen molar-refractivity contribution >= 4 is 12.6 Å². The van der Waals surface area contributed by atoms with E-state index in [4.69, 9.17) is 0 Å². The van der Waals surface area contributed by atoms with Gasteiger partial charge < -0.3 is 4.98 Å². The number of H-pyrrole nitrogens is 1. The van der Waals surface area contributed by atoms with Gasteiger partial charge in [-0.25, -0.2) is 4.98 Å². The first-order valence-electron chi connectivity index (χ1n) is 14.2. The first-order valence-corrected chi connectivity index (χ1v) is 15.1. The van der Waals surface area contributed by atoms with E-state index in [1.54, 1.807) is 24.7 Å². The fraction of sp³-hybridized carbons (Fsp3) is 0.562. The summed E-state index contributed by atoms with van der Waals surface area (Å²) in [6.07, 6.45) is 10.3. The van der Waals surface area contributed by atoms with Gasteiger partial charge in [0.15, 0.2) is 0 Å². The zero-order chi connectivity index (χ0) is 30.1. The predicted molar refractivity (Wildman–Crippen MR) is 166 cm³/mol. The molecular weight excluding hydrogens is 515 g/mol. The van der Waals surface area contributed by atoms with Crippen molar-refractivity contribution in [3.8, 4) is 11.3 Å².